The van der Waals surface area contributed by atoms with Gasteiger partial charge < -0.3 is 20.5 Å². The Morgan fingerprint density at radius 1 is 1.22 bits per heavy atom. The Labute approximate surface area is 115 Å². The molecular weight excluding hydrogens is 256 g/mol. The number of carbonyl (C=O) groups is 1. The van der Waals surface area contributed by atoms with Crippen LogP contribution in [0.1, 0.15) is 32.1 Å². The van der Waals surface area contributed by atoms with Crippen LogP contribution in [-0.2, 0) is 14.3 Å². The summed E-state index contributed by atoms with van der Waals surface area (Å²) in [7, 11) is 1.63. The van der Waals surface area contributed by atoms with Gasteiger partial charge in [-0.15, -0.1) is 12.4 Å². The molecule has 0 atom stereocenters. The number of carbonyl (C=O) groups excluding carboxylic acids is 1. The Hall–Kier alpha value is -0.360. The van der Waals surface area contributed by atoms with Gasteiger partial charge in [0, 0.05) is 13.7 Å². The van der Waals surface area contributed by atoms with Crippen LogP contribution in [0.15, 0.2) is 0 Å². The molecule has 18 heavy (non-hydrogen) atoms. The van der Waals surface area contributed by atoms with Crippen molar-refractivity contribution in [2.45, 2.75) is 37.6 Å². The summed E-state index contributed by atoms with van der Waals surface area (Å²) in [5.41, 5.74) is 5.44. The van der Waals surface area contributed by atoms with Crippen LogP contribution in [0.3, 0.4) is 0 Å². The fourth-order valence-corrected chi connectivity index (χ4v) is 2.07. The minimum atomic E-state index is -0.648. The maximum atomic E-state index is 11.9. The van der Waals surface area contributed by atoms with Crippen LogP contribution in [0.2, 0.25) is 0 Å². The van der Waals surface area contributed by atoms with Crippen LogP contribution >= 0.6 is 12.4 Å². The van der Waals surface area contributed by atoms with Gasteiger partial charge in [-0.25, -0.2) is 0 Å². The van der Waals surface area contributed by atoms with Gasteiger partial charge >= 0.3 is 0 Å². The lowest BCUT2D eigenvalue weighted by Crippen LogP contribution is -2.55. The molecule has 0 aliphatic heterocycles. The van der Waals surface area contributed by atoms with E-state index in [0.717, 1.165) is 25.7 Å². The van der Waals surface area contributed by atoms with Crippen molar-refractivity contribution in [2.75, 3.05) is 33.5 Å². The van der Waals surface area contributed by atoms with E-state index in [1.54, 1.807) is 7.11 Å². The monoisotopic (exact) mass is 280 g/mol. The summed E-state index contributed by atoms with van der Waals surface area (Å²) < 4.78 is 10.1. The fraction of sp³-hybridized carbons (Fsp3) is 0.917. The van der Waals surface area contributed by atoms with Gasteiger partial charge in [-0.3, -0.25) is 4.79 Å². The second-order valence-electron chi connectivity index (χ2n) is 4.58. The van der Waals surface area contributed by atoms with Gasteiger partial charge in [-0.05, 0) is 12.8 Å². The van der Waals surface area contributed by atoms with Gasteiger partial charge in [-0.1, -0.05) is 19.3 Å². The summed E-state index contributed by atoms with van der Waals surface area (Å²) in [4.78, 5) is 11.9. The molecule has 1 fully saturated rings. The zero-order valence-electron chi connectivity index (χ0n) is 11.1. The largest absolute Gasteiger partial charge is 0.382 e. The molecule has 6 heteroatoms. The highest BCUT2D eigenvalue weighted by molar-refractivity contribution is 5.86. The molecule has 0 aromatic carbocycles. The third kappa shape index (κ3) is 6.00. The maximum absolute atomic E-state index is 11.9. The van der Waals surface area contributed by atoms with E-state index in [1.807, 2.05) is 0 Å². The molecule has 108 valence electrons. The SMILES string of the molecule is COCCOCCNC(=O)C1(N)CCCCC1.Cl. The highest BCUT2D eigenvalue weighted by atomic mass is 35.5. The summed E-state index contributed by atoms with van der Waals surface area (Å²) in [6, 6.07) is 0. The van der Waals surface area contributed by atoms with Crippen LogP contribution in [0, 0.1) is 0 Å². The van der Waals surface area contributed by atoms with E-state index in [4.69, 9.17) is 15.2 Å². The Kier molecular flexibility index (Phi) is 9.36. The molecular formula is C12H25ClN2O3. The summed E-state index contributed by atoms with van der Waals surface area (Å²) in [6.45, 7) is 2.15. The molecule has 5 nitrogen and oxygen atoms in total. The van der Waals surface area contributed by atoms with Crippen LogP contribution in [0.5, 0.6) is 0 Å². The molecule has 0 aromatic heterocycles. The van der Waals surface area contributed by atoms with Crippen molar-refractivity contribution in [3.8, 4) is 0 Å². The third-order valence-corrected chi connectivity index (χ3v) is 3.16. The van der Waals surface area contributed by atoms with Crippen molar-refractivity contribution in [3.05, 3.63) is 0 Å². The Morgan fingerprint density at radius 2 is 1.89 bits per heavy atom. The third-order valence-electron chi connectivity index (χ3n) is 3.16. The van der Waals surface area contributed by atoms with Gasteiger partial charge in [0.15, 0.2) is 0 Å². The normalized spacial score (nSPS) is 17.9. The van der Waals surface area contributed by atoms with E-state index in [0.29, 0.717) is 26.4 Å². The second-order valence-corrected chi connectivity index (χ2v) is 4.58. The lowest BCUT2D eigenvalue weighted by Gasteiger charge is -2.31. The minimum absolute atomic E-state index is 0. The van der Waals surface area contributed by atoms with E-state index in [1.165, 1.54) is 6.42 Å². The number of methoxy groups -OCH3 is 1. The van der Waals surface area contributed by atoms with Gasteiger partial charge in [0.2, 0.25) is 5.91 Å². The smallest absolute Gasteiger partial charge is 0.240 e. The first-order valence-electron chi connectivity index (χ1n) is 6.33. The van der Waals surface area contributed by atoms with Crippen LogP contribution in [-0.4, -0.2) is 44.9 Å². The highest BCUT2D eigenvalue weighted by Crippen LogP contribution is 2.25. The number of hydrogen-bond acceptors (Lipinski definition) is 4. The Balaban J connectivity index is 0.00000289. The van der Waals surface area contributed by atoms with Gasteiger partial charge in [0.25, 0.3) is 0 Å². The average molecular weight is 281 g/mol. The van der Waals surface area contributed by atoms with Crippen molar-refractivity contribution in [1.29, 1.82) is 0 Å². The zero-order chi connectivity index (χ0) is 12.6. The second kappa shape index (κ2) is 9.55. The molecule has 1 rings (SSSR count). The van der Waals surface area contributed by atoms with Crippen molar-refractivity contribution in [2.24, 2.45) is 5.73 Å². The van der Waals surface area contributed by atoms with E-state index in [9.17, 15) is 4.79 Å². The standard InChI is InChI=1S/C12H24N2O3.ClH/c1-16-9-10-17-8-7-14-11(15)12(13)5-3-2-4-6-12;/h2-10,13H2,1H3,(H,14,15);1H. The number of nitrogens with one attached hydrogen (secondary N) is 1. The van der Waals surface area contributed by atoms with E-state index in [-0.39, 0.29) is 18.3 Å². The molecule has 1 saturated carbocycles. The molecule has 0 bridgehead atoms. The van der Waals surface area contributed by atoms with E-state index >= 15 is 0 Å². The summed E-state index contributed by atoms with van der Waals surface area (Å²) >= 11 is 0. The van der Waals surface area contributed by atoms with Gasteiger partial charge in [-0.2, -0.15) is 0 Å². The summed E-state index contributed by atoms with van der Waals surface area (Å²) in [6.07, 6.45) is 4.88. The van der Waals surface area contributed by atoms with Crippen LogP contribution in [0.4, 0.5) is 0 Å². The highest BCUT2D eigenvalue weighted by Gasteiger charge is 2.34. The maximum Gasteiger partial charge on any atom is 0.240 e. The molecule has 0 aromatic rings. The topological polar surface area (TPSA) is 73.6 Å². The van der Waals surface area contributed by atoms with E-state index in [2.05, 4.69) is 5.32 Å². The molecule has 1 aliphatic carbocycles. The predicted molar refractivity (Wildman–Crippen MR) is 73.0 cm³/mol. The number of nitrogens with two attached hydrogens (primary N) is 1. The fourth-order valence-electron chi connectivity index (χ4n) is 2.07. The Bertz CT molecular complexity index is 233. The molecule has 0 spiro atoms. The molecule has 0 unspecified atom stereocenters. The molecule has 1 amide bonds. The first kappa shape index (κ1) is 17.6. The van der Waals surface area contributed by atoms with Crippen molar-refractivity contribution < 1.29 is 14.3 Å². The number of hydrogen-bond donors (Lipinski definition) is 2. The predicted octanol–water partition coefficient (Wildman–Crippen LogP) is 0.849. The lowest BCUT2D eigenvalue weighted by molar-refractivity contribution is -0.127. The molecule has 0 radical (unpaired) electrons. The quantitative estimate of drug-likeness (QED) is 0.678. The first-order chi connectivity index (χ1) is 8.19. The molecule has 1 aliphatic rings. The molecule has 3 N–H and O–H groups in total. The van der Waals surface area contributed by atoms with Crippen LogP contribution < -0.4 is 11.1 Å². The van der Waals surface area contributed by atoms with Gasteiger partial charge in [0.1, 0.15) is 0 Å². The molecule has 0 saturated heterocycles. The summed E-state index contributed by atoms with van der Waals surface area (Å²) in [5, 5.41) is 2.84. The van der Waals surface area contributed by atoms with Crippen molar-refractivity contribution in [3.63, 3.8) is 0 Å². The van der Waals surface area contributed by atoms with Gasteiger partial charge in [0.05, 0.1) is 25.4 Å². The number of halogens is 1. The molecule has 0 heterocycles. The summed E-state index contributed by atoms with van der Waals surface area (Å²) in [5.74, 6) is -0.0347. The number of rotatable bonds is 7. The van der Waals surface area contributed by atoms with Crippen molar-refractivity contribution >= 4 is 18.3 Å². The average Bonchev–Trinajstić information content (AvgIpc) is 2.34. The number of amides is 1. The first-order valence-corrected chi connectivity index (χ1v) is 6.33. The minimum Gasteiger partial charge on any atom is -0.382 e. The van der Waals surface area contributed by atoms with Crippen LogP contribution in [0.25, 0.3) is 0 Å². The number of ether oxygens (including phenoxy) is 2. The van der Waals surface area contributed by atoms with E-state index < -0.39 is 5.54 Å². The zero-order valence-corrected chi connectivity index (χ0v) is 11.9. The van der Waals surface area contributed by atoms with Crippen molar-refractivity contribution in [1.82, 2.24) is 5.32 Å². The Morgan fingerprint density at radius 3 is 2.50 bits per heavy atom. The lowest BCUT2D eigenvalue weighted by atomic mass is 9.82.